The van der Waals surface area contributed by atoms with Crippen molar-refractivity contribution in [3.05, 3.63) is 83.9 Å². The van der Waals surface area contributed by atoms with Crippen LogP contribution in [0.3, 0.4) is 0 Å². The number of hydrogen-bond donors (Lipinski definition) is 1. The van der Waals surface area contributed by atoms with Crippen molar-refractivity contribution in [1.82, 2.24) is 0 Å². The number of carbonyl (C=O) groups is 1. The zero-order valence-electron chi connectivity index (χ0n) is 17.4. The van der Waals surface area contributed by atoms with Crippen LogP contribution in [0.4, 0.5) is 5.69 Å². The standard InChI is InChI=1S/C25H25NO4S/c1-26(31(29,30)22-9-3-2-4-10-22)21-14-11-19(12-15-21)23-16-13-20(25(27)28)17-24(23)18-7-5-6-8-18/h2-4,9-18H,5-8H2,1H3,(H,27,28). The predicted molar refractivity (Wildman–Crippen MR) is 122 cm³/mol. The largest absolute Gasteiger partial charge is 0.478 e. The Labute approximate surface area is 183 Å². The summed E-state index contributed by atoms with van der Waals surface area (Å²) in [5, 5.41) is 9.42. The first kappa shape index (κ1) is 21.1. The fourth-order valence-corrected chi connectivity index (χ4v) is 5.49. The van der Waals surface area contributed by atoms with Crippen molar-refractivity contribution >= 4 is 21.7 Å². The maximum Gasteiger partial charge on any atom is 0.335 e. The molecule has 0 atom stereocenters. The smallest absolute Gasteiger partial charge is 0.335 e. The molecule has 0 radical (unpaired) electrons. The van der Waals surface area contributed by atoms with Crippen molar-refractivity contribution in [1.29, 1.82) is 0 Å². The first-order valence-electron chi connectivity index (χ1n) is 10.4. The predicted octanol–water partition coefficient (Wildman–Crippen LogP) is 5.53. The summed E-state index contributed by atoms with van der Waals surface area (Å²) in [6, 6.07) is 21.0. The van der Waals surface area contributed by atoms with Crippen LogP contribution in [-0.4, -0.2) is 26.5 Å². The molecule has 1 fully saturated rings. The van der Waals surface area contributed by atoms with E-state index in [-0.39, 0.29) is 4.90 Å². The molecule has 1 saturated carbocycles. The van der Waals surface area contributed by atoms with Crippen molar-refractivity contribution < 1.29 is 18.3 Å². The number of nitrogens with zero attached hydrogens (tertiary/aromatic N) is 1. The van der Waals surface area contributed by atoms with E-state index in [1.807, 2.05) is 18.2 Å². The Balaban J connectivity index is 1.68. The summed E-state index contributed by atoms with van der Waals surface area (Å²) in [6.07, 6.45) is 4.43. The topological polar surface area (TPSA) is 74.7 Å². The Morgan fingerprint density at radius 3 is 2.19 bits per heavy atom. The highest BCUT2D eigenvalue weighted by atomic mass is 32.2. The van der Waals surface area contributed by atoms with E-state index >= 15 is 0 Å². The lowest BCUT2D eigenvalue weighted by atomic mass is 9.88. The van der Waals surface area contributed by atoms with Gasteiger partial charge in [-0.15, -0.1) is 0 Å². The number of sulfonamides is 1. The molecular weight excluding hydrogens is 410 g/mol. The molecule has 0 heterocycles. The van der Waals surface area contributed by atoms with Crippen LogP contribution in [0.25, 0.3) is 11.1 Å². The van der Waals surface area contributed by atoms with Gasteiger partial charge >= 0.3 is 5.97 Å². The van der Waals surface area contributed by atoms with Gasteiger partial charge in [-0.05, 0) is 71.8 Å². The van der Waals surface area contributed by atoms with Gasteiger partial charge in [-0.25, -0.2) is 13.2 Å². The zero-order valence-corrected chi connectivity index (χ0v) is 18.2. The maximum absolute atomic E-state index is 12.9. The molecule has 6 heteroatoms. The third kappa shape index (κ3) is 4.21. The van der Waals surface area contributed by atoms with Gasteiger partial charge in [0.1, 0.15) is 0 Å². The lowest BCUT2D eigenvalue weighted by molar-refractivity contribution is 0.0696. The van der Waals surface area contributed by atoms with Gasteiger partial charge in [0, 0.05) is 7.05 Å². The molecule has 1 aliphatic rings. The second kappa shape index (κ2) is 8.55. The number of carboxylic acids is 1. The van der Waals surface area contributed by atoms with Crippen LogP contribution in [0.2, 0.25) is 0 Å². The van der Waals surface area contributed by atoms with E-state index in [9.17, 15) is 18.3 Å². The molecule has 5 nitrogen and oxygen atoms in total. The quantitative estimate of drug-likeness (QED) is 0.552. The molecule has 1 aliphatic carbocycles. The average Bonchev–Trinajstić information content (AvgIpc) is 3.34. The molecule has 0 unspecified atom stereocenters. The average molecular weight is 436 g/mol. The van der Waals surface area contributed by atoms with Gasteiger partial charge in [-0.1, -0.05) is 49.2 Å². The van der Waals surface area contributed by atoms with Crippen LogP contribution in [0.15, 0.2) is 77.7 Å². The molecule has 0 saturated heterocycles. The normalized spacial score (nSPS) is 14.5. The first-order chi connectivity index (χ1) is 14.9. The highest BCUT2D eigenvalue weighted by Gasteiger charge is 2.23. The molecule has 0 amide bonds. The van der Waals surface area contributed by atoms with Crippen molar-refractivity contribution in [2.45, 2.75) is 36.5 Å². The number of benzene rings is 3. The van der Waals surface area contributed by atoms with Crippen LogP contribution in [0.5, 0.6) is 0 Å². The molecule has 0 aliphatic heterocycles. The minimum atomic E-state index is -3.64. The monoisotopic (exact) mass is 435 g/mol. The molecule has 0 spiro atoms. The van der Waals surface area contributed by atoms with E-state index in [1.54, 1.807) is 61.6 Å². The van der Waals surface area contributed by atoms with E-state index in [4.69, 9.17) is 0 Å². The molecule has 160 valence electrons. The summed E-state index contributed by atoms with van der Waals surface area (Å²) in [6.45, 7) is 0. The number of carboxylic acid groups (broad SMARTS) is 1. The van der Waals surface area contributed by atoms with Gasteiger partial charge in [-0.3, -0.25) is 4.31 Å². The van der Waals surface area contributed by atoms with E-state index < -0.39 is 16.0 Å². The molecule has 0 bridgehead atoms. The van der Waals surface area contributed by atoms with Crippen molar-refractivity contribution in [3.63, 3.8) is 0 Å². The lowest BCUT2D eigenvalue weighted by Gasteiger charge is -2.21. The highest BCUT2D eigenvalue weighted by molar-refractivity contribution is 7.92. The number of aromatic carboxylic acids is 1. The summed E-state index contributed by atoms with van der Waals surface area (Å²) in [7, 11) is -2.09. The van der Waals surface area contributed by atoms with Crippen LogP contribution >= 0.6 is 0 Å². The maximum atomic E-state index is 12.9. The van der Waals surface area contributed by atoms with E-state index in [0.29, 0.717) is 17.2 Å². The minimum Gasteiger partial charge on any atom is -0.478 e. The van der Waals surface area contributed by atoms with Gasteiger partial charge in [0.15, 0.2) is 0 Å². The van der Waals surface area contributed by atoms with Gasteiger partial charge in [-0.2, -0.15) is 0 Å². The number of anilines is 1. The Morgan fingerprint density at radius 2 is 1.58 bits per heavy atom. The number of rotatable bonds is 6. The molecule has 3 aromatic carbocycles. The van der Waals surface area contributed by atoms with E-state index in [1.165, 1.54) is 4.31 Å². The fraction of sp³-hybridized carbons (Fsp3) is 0.240. The summed E-state index contributed by atoms with van der Waals surface area (Å²) in [5.74, 6) is -0.566. The van der Waals surface area contributed by atoms with Gasteiger partial charge in [0.25, 0.3) is 10.0 Å². The first-order valence-corrected chi connectivity index (χ1v) is 11.8. The van der Waals surface area contributed by atoms with Gasteiger partial charge in [0.05, 0.1) is 16.1 Å². The van der Waals surface area contributed by atoms with Gasteiger partial charge < -0.3 is 5.11 Å². The van der Waals surface area contributed by atoms with Crippen LogP contribution in [0, 0.1) is 0 Å². The Hall–Kier alpha value is -3.12. The van der Waals surface area contributed by atoms with Crippen molar-refractivity contribution in [2.75, 3.05) is 11.4 Å². The molecular formula is C25H25NO4S. The summed E-state index contributed by atoms with van der Waals surface area (Å²) < 4.78 is 27.0. The van der Waals surface area contributed by atoms with Crippen LogP contribution in [0.1, 0.15) is 47.5 Å². The Morgan fingerprint density at radius 1 is 0.935 bits per heavy atom. The van der Waals surface area contributed by atoms with E-state index in [0.717, 1.165) is 42.4 Å². The number of hydrogen-bond acceptors (Lipinski definition) is 3. The lowest BCUT2D eigenvalue weighted by Crippen LogP contribution is -2.26. The third-order valence-electron chi connectivity index (χ3n) is 6.04. The van der Waals surface area contributed by atoms with Gasteiger partial charge in [0.2, 0.25) is 0 Å². The molecule has 0 aromatic heterocycles. The summed E-state index contributed by atoms with van der Waals surface area (Å²) in [5.41, 5.74) is 3.90. The molecule has 4 rings (SSSR count). The van der Waals surface area contributed by atoms with Crippen LogP contribution < -0.4 is 4.31 Å². The highest BCUT2D eigenvalue weighted by Crippen LogP contribution is 2.40. The summed E-state index contributed by atoms with van der Waals surface area (Å²) >= 11 is 0. The second-order valence-corrected chi connectivity index (χ2v) is 9.89. The SMILES string of the molecule is CN(c1ccc(-c2ccc(C(=O)O)cc2C2CCCC2)cc1)S(=O)(=O)c1ccccc1. The molecule has 31 heavy (non-hydrogen) atoms. The third-order valence-corrected chi connectivity index (χ3v) is 7.84. The molecule has 3 aromatic rings. The Bertz CT molecular complexity index is 1180. The molecule has 1 N–H and O–H groups in total. The second-order valence-electron chi connectivity index (χ2n) is 7.92. The fourth-order valence-electron chi connectivity index (χ4n) is 4.27. The van der Waals surface area contributed by atoms with Crippen LogP contribution in [-0.2, 0) is 10.0 Å². The van der Waals surface area contributed by atoms with Crippen molar-refractivity contribution in [3.8, 4) is 11.1 Å². The summed E-state index contributed by atoms with van der Waals surface area (Å²) in [4.78, 5) is 11.7. The van der Waals surface area contributed by atoms with Crippen molar-refractivity contribution in [2.24, 2.45) is 0 Å². The minimum absolute atomic E-state index is 0.245. The Kier molecular flexibility index (Phi) is 5.83. The zero-order chi connectivity index (χ0) is 22.0. The van der Waals surface area contributed by atoms with E-state index in [2.05, 4.69) is 0 Å².